The maximum Gasteiger partial charge on any atom is 0.472 e. The fourth-order valence-corrected chi connectivity index (χ4v) is 9.96. The first kappa shape index (κ1) is 93.6. The summed E-state index contributed by atoms with van der Waals surface area (Å²) in [7, 11) is -10.0. The zero-order valence-corrected chi connectivity index (χ0v) is 62.6. The molecule has 0 saturated carbocycles. The molecule has 0 heterocycles. The zero-order chi connectivity index (χ0) is 73.2. The van der Waals surface area contributed by atoms with Crippen LogP contribution in [0.1, 0.15) is 220 Å². The van der Waals surface area contributed by atoms with Crippen molar-refractivity contribution >= 4 is 39.5 Å². The molecule has 19 heteroatoms. The van der Waals surface area contributed by atoms with E-state index in [0.29, 0.717) is 32.1 Å². The number of hydrogen-bond acceptors (Lipinski definition) is 15. The molecule has 0 rings (SSSR count). The number of hydrogen-bond donors (Lipinski definition) is 3. The number of allylic oxidation sites excluding steroid dienone is 32. The molecule has 0 bridgehead atoms. The van der Waals surface area contributed by atoms with Gasteiger partial charge >= 0.3 is 39.5 Å². The van der Waals surface area contributed by atoms with Gasteiger partial charge in [-0.15, -0.1) is 0 Å². The summed E-state index contributed by atoms with van der Waals surface area (Å²) in [6, 6.07) is 0. The predicted octanol–water partition coefficient (Wildman–Crippen LogP) is 20.8. The van der Waals surface area contributed by atoms with Crippen molar-refractivity contribution in [2.75, 3.05) is 39.6 Å². The van der Waals surface area contributed by atoms with E-state index in [-0.39, 0.29) is 25.7 Å². The van der Waals surface area contributed by atoms with Crippen molar-refractivity contribution in [1.29, 1.82) is 0 Å². The minimum Gasteiger partial charge on any atom is -0.462 e. The van der Waals surface area contributed by atoms with Gasteiger partial charge in [-0.05, 0) is 141 Å². The van der Waals surface area contributed by atoms with E-state index in [9.17, 15) is 43.2 Å². The first-order chi connectivity index (χ1) is 48.7. The smallest absolute Gasteiger partial charge is 0.462 e. The van der Waals surface area contributed by atoms with Crippen molar-refractivity contribution in [3.63, 3.8) is 0 Å². The first-order valence-corrected chi connectivity index (χ1v) is 39.3. The van der Waals surface area contributed by atoms with Gasteiger partial charge in [0.05, 0.1) is 39.3 Å². The Morgan fingerprint density at radius 3 is 0.960 bits per heavy atom. The number of esters is 4. The molecule has 0 aliphatic rings. The molecule has 5 unspecified atom stereocenters. The molecule has 0 aliphatic heterocycles. The Morgan fingerprint density at radius 1 is 0.300 bits per heavy atom. The quantitative estimate of drug-likeness (QED) is 0.0169. The van der Waals surface area contributed by atoms with Crippen molar-refractivity contribution < 1.29 is 80.2 Å². The first-order valence-electron chi connectivity index (χ1n) is 36.3. The summed E-state index contributed by atoms with van der Waals surface area (Å²) in [6.07, 6.45) is 87.6. The van der Waals surface area contributed by atoms with E-state index in [1.165, 1.54) is 0 Å². The lowest BCUT2D eigenvalue weighted by atomic mass is 10.1. The Balaban J connectivity index is 5.57. The van der Waals surface area contributed by atoms with Crippen molar-refractivity contribution in [3.8, 4) is 0 Å². The number of carbonyl (C=O) groups is 4. The molecule has 17 nitrogen and oxygen atoms in total. The van der Waals surface area contributed by atoms with Crippen LogP contribution in [-0.2, 0) is 65.4 Å². The van der Waals surface area contributed by atoms with Crippen molar-refractivity contribution in [1.82, 2.24) is 0 Å². The van der Waals surface area contributed by atoms with Crippen LogP contribution in [-0.4, -0.2) is 96.7 Å². The number of phosphoric ester groups is 2. The molecule has 5 atom stereocenters. The summed E-state index contributed by atoms with van der Waals surface area (Å²) >= 11 is 0. The third kappa shape index (κ3) is 70.1. The summed E-state index contributed by atoms with van der Waals surface area (Å²) < 4.78 is 68.0. The van der Waals surface area contributed by atoms with Crippen LogP contribution in [0.3, 0.4) is 0 Å². The van der Waals surface area contributed by atoms with E-state index in [1.54, 1.807) is 24.3 Å². The Morgan fingerprint density at radius 2 is 0.580 bits per heavy atom. The van der Waals surface area contributed by atoms with Gasteiger partial charge in [-0.3, -0.25) is 37.3 Å². The zero-order valence-electron chi connectivity index (χ0n) is 60.8. The topological polar surface area (TPSA) is 237 Å². The number of aliphatic hydroxyl groups is 1. The molecule has 3 N–H and O–H groups in total. The third-order valence-corrected chi connectivity index (χ3v) is 15.7. The second-order valence-corrected chi connectivity index (χ2v) is 26.0. The maximum absolute atomic E-state index is 13.1. The normalized spacial score (nSPS) is 15.2. The molecule has 560 valence electrons. The lowest BCUT2D eigenvalue weighted by Crippen LogP contribution is -2.30. The fraction of sp³-hybridized carbons (Fsp3) is 0.531. The number of aliphatic hydroxyl groups excluding tert-OH is 1. The minimum absolute atomic E-state index is 0.0527. The van der Waals surface area contributed by atoms with E-state index < -0.39 is 97.5 Å². The predicted molar refractivity (Wildman–Crippen MR) is 408 cm³/mol. The molecule has 0 aromatic rings. The summed E-state index contributed by atoms with van der Waals surface area (Å²) in [5.41, 5.74) is 0. The van der Waals surface area contributed by atoms with E-state index in [4.69, 9.17) is 37.0 Å². The summed E-state index contributed by atoms with van der Waals surface area (Å²) in [5.74, 6) is -2.59. The average molecular weight is 1430 g/mol. The van der Waals surface area contributed by atoms with Crippen LogP contribution < -0.4 is 0 Å². The van der Waals surface area contributed by atoms with Crippen LogP contribution >= 0.6 is 15.6 Å². The Labute approximate surface area is 601 Å². The molecule has 0 aromatic carbocycles. The molecule has 0 saturated heterocycles. The monoisotopic (exact) mass is 1430 g/mol. The average Bonchev–Trinajstić information content (AvgIpc) is 0.965. The van der Waals surface area contributed by atoms with Gasteiger partial charge < -0.3 is 33.8 Å². The van der Waals surface area contributed by atoms with Gasteiger partial charge in [0.25, 0.3) is 0 Å². The van der Waals surface area contributed by atoms with Crippen molar-refractivity contribution in [2.45, 2.75) is 239 Å². The number of ether oxygens (including phenoxy) is 4. The summed E-state index contributed by atoms with van der Waals surface area (Å²) in [5, 5.41) is 10.6. The lowest BCUT2D eigenvalue weighted by Gasteiger charge is -2.21. The van der Waals surface area contributed by atoms with Crippen LogP contribution in [0.25, 0.3) is 0 Å². The Kier molecular flexibility index (Phi) is 66.5. The van der Waals surface area contributed by atoms with Gasteiger partial charge in [0.15, 0.2) is 12.2 Å². The Bertz CT molecular complexity index is 2720. The molecular weight excluding hydrogens is 1310 g/mol. The van der Waals surface area contributed by atoms with Gasteiger partial charge in [-0.2, -0.15) is 0 Å². The van der Waals surface area contributed by atoms with Gasteiger partial charge in [-0.1, -0.05) is 260 Å². The highest BCUT2D eigenvalue weighted by Crippen LogP contribution is 2.45. The maximum atomic E-state index is 13.1. The van der Waals surface area contributed by atoms with E-state index in [2.05, 4.69) is 174 Å². The fourth-order valence-electron chi connectivity index (χ4n) is 8.38. The van der Waals surface area contributed by atoms with Crippen molar-refractivity contribution in [3.05, 3.63) is 207 Å². The lowest BCUT2D eigenvalue weighted by molar-refractivity contribution is -0.161. The molecule has 0 radical (unpaired) electrons. The highest BCUT2D eigenvalue weighted by Gasteiger charge is 2.30. The van der Waals surface area contributed by atoms with Gasteiger partial charge in [-0.25, -0.2) is 9.13 Å². The SMILES string of the molecule is CC/C=C\C/C=C\C/C=C\C/C=C\C/C=C\CCCC(=O)OCC(COP(=O)(O)OCC(O)COP(=O)(O)OCC(COC(=O)C/C=C\C/C=C\C/C=C\C/C=C\C/C=C\CC)OC(=O)C/C=C\C/C=C\C/C=C\C/C=C\C/C=C\CC)OC(=O)CCCCCCC/C=C\C/C=C\CCC. The van der Waals surface area contributed by atoms with Crippen LogP contribution in [0.4, 0.5) is 0 Å². The molecule has 0 aliphatic carbocycles. The second-order valence-electron chi connectivity index (χ2n) is 23.1. The van der Waals surface area contributed by atoms with Gasteiger partial charge in [0, 0.05) is 12.8 Å². The van der Waals surface area contributed by atoms with Crippen LogP contribution in [0.5, 0.6) is 0 Å². The third-order valence-electron chi connectivity index (χ3n) is 13.8. The van der Waals surface area contributed by atoms with E-state index in [0.717, 1.165) is 135 Å². The van der Waals surface area contributed by atoms with E-state index >= 15 is 0 Å². The number of carbonyl (C=O) groups excluding carboxylic acids is 4. The van der Waals surface area contributed by atoms with Crippen LogP contribution in [0, 0.1) is 0 Å². The standard InChI is InChI=1S/C81H124O17P2/c1-5-9-13-17-21-25-29-33-36-37-40-43-46-50-54-58-62-66-79(84)92-71-76(97-80(85)67-63-59-55-51-47-41-32-28-24-20-16-12-8-4)73-95-99(87,88)93-69-75(82)70-94-100(89,90)96-74-77(98-81(86)68-64-60-56-52-48-44-39-35-31-27-23-19-15-11-7-3)72-91-78(83)65-61-57-53-49-45-42-38-34-30-26-22-18-14-10-6-2/h9-11,13-16,20-23,25-28,32-36,38-40,43,45,48-50,52,54,57,60-61,64,75-77,82H,5-8,12,17-19,24,29-31,37,41-42,44,46-47,51,53,55-56,58-59,62-63,65-74H2,1-4H3,(H,87,88)(H,89,90)/b13-9-,14-10-,15-11-,20-16-,25-21-,26-22-,27-23-,32-28-,36-33-,38-34-,39-35-,43-40-,49-45-,52-48-,54-50-,61-57-,64-60-. The summed E-state index contributed by atoms with van der Waals surface area (Å²) in [6.45, 7) is 4.08. The van der Waals surface area contributed by atoms with Crippen molar-refractivity contribution in [2.24, 2.45) is 0 Å². The molecule has 0 fully saturated rings. The number of rotatable bonds is 65. The molecular formula is C81H124O17P2. The van der Waals surface area contributed by atoms with E-state index in [1.807, 2.05) is 36.5 Å². The van der Waals surface area contributed by atoms with Crippen LogP contribution in [0.2, 0.25) is 0 Å². The molecule has 100 heavy (non-hydrogen) atoms. The Hall–Kier alpha value is -6.36. The number of phosphoric acid groups is 2. The molecule has 0 spiro atoms. The van der Waals surface area contributed by atoms with Gasteiger partial charge in [0.1, 0.15) is 19.3 Å². The highest BCUT2D eigenvalue weighted by atomic mass is 31.2. The molecule has 0 amide bonds. The minimum atomic E-state index is -5.03. The summed E-state index contributed by atoms with van der Waals surface area (Å²) in [4.78, 5) is 72.6. The van der Waals surface area contributed by atoms with Gasteiger partial charge in [0.2, 0.25) is 0 Å². The van der Waals surface area contributed by atoms with Crippen LogP contribution in [0.15, 0.2) is 207 Å². The second kappa shape index (κ2) is 71.1. The molecule has 0 aromatic heterocycles. The highest BCUT2D eigenvalue weighted by molar-refractivity contribution is 7.47. The largest absolute Gasteiger partial charge is 0.472 e. The number of unbranched alkanes of at least 4 members (excludes halogenated alkanes) is 7.